The van der Waals surface area contributed by atoms with E-state index in [9.17, 15) is 4.79 Å². The molecule has 24 heavy (non-hydrogen) atoms. The molecule has 0 radical (unpaired) electrons. The molecular weight excluding hydrogens is 308 g/mol. The zero-order valence-corrected chi connectivity index (χ0v) is 14.2. The van der Waals surface area contributed by atoms with Crippen molar-refractivity contribution in [1.82, 2.24) is 19.9 Å². The summed E-state index contributed by atoms with van der Waals surface area (Å²) in [5.41, 5.74) is 1.47. The highest BCUT2D eigenvalue weighted by Gasteiger charge is 2.31. The summed E-state index contributed by atoms with van der Waals surface area (Å²) in [4.78, 5) is 20.6. The summed E-state index contributed by atoms with van der Waals surface area (Å²) in [7, 11) is 5.64. The van der Waals surface area contributed by atoms with E-state index in [2.05, 4.69) is 22.1 Å². The molecule has 0 bridgehead atoms. The third-order valence-corrected chi connectivity index (χ3v) is 4.57. The lowest BCUT2D eigenvalue weighted by molar-refractivity contribution is 0.0760. The Balaban J connectivity index is 1.63. The van der Waals surface area contributed by atoms with Gasteiger partial charge in [0.1, 0.15) is 0 Å². The fourth-order valence-electron chi connectivity index (χ4n) is 3.09. The second-order valence-electron chi connectivity index (χ2n) is 6.20. The number of likely N-dealkylation sites (tertiary alicyclic amines) is 1. The molecule has 2 atom stereocenters. The highest BCUT2D eigenvalue weighted by atomic mass is 16.5. The Labute approximate surface area is 141 Å². The van der Waals surface area contributed by atoms with E-state index in [1.54, 1.807) is 24.1 Å². The molecule has 2 heterocycles. The van der Waals surface area contributed by atoms with Crippen molar-refractivity contribution >= 4 is 5.91 Å². The molecule has 7 heteroatoms. The molecule has 0 spiro atoms. The van der Waals surface area contributed by atoms with Gasteiger partial charge in [0.05, 0.1) is 6.10 Å². The summed E-state index contributed by atoms with van der Waals surface area (Å²) in [6.07, 6.45) is 2.48. The molecular formula is C17H22N4O3. The van der Waals surface area contributed by atoms with Crippen molar-refractivity contribution in [1.29, 1.82) is 0 Å². The highest BCUT2D eigenvalue weighted by Crippen LogP contribution is 2.20. The predicted octanol–water partition coefficient (Wildman–Crippen LogP) is 1.53. The molecule has 128 valence electrons. The second kappa shape index (κ2) is 7.11. The van der Waals surface area contributed by atoms with Crippen LogP contribution in [0, 0.1) is 0 Å². The average Bonchev–Trinajstić information content (AvgIpc) is 3.25. The summed E-state index contributed by atoms with van der Waals surface area (Å²) in [5.74, 6) is 0.518. The van der Waals surface area contributed by atoms with Crippen LogP contribution in [-0.4, -0.2) is 72.3 Å². The number of carbonyl (C=O) groups is 1. The molecule has 0 saturated carbocycles. The van der Waals surface area contributed by atoms with Gasteiger partial charge in [-0.2, -0.15) is 4.98 Å². The van der Waals surface area contributed by atoms with Crippen molar-refractivity contribution in [3.05, 3.63) is 36.2 Å². The Bertz CT molecular complexity index is 672. The number of hydrogen-bond donors (Lipinski definition) is 0. The Morgan fingerprint density at radius 2 is 2.17 bits per heavy atom. The first-order valence-corrected chi connectivity index (χ1v) is 7.93. The van der Waals surface area contributed by atoms with Crippen molar-refractivity contribution in [2.75, 3.05) is 34.3 Å². The quantitative estimate of drug-likeness (QED) is 0.828. The van der Waals surface area contributed by atoms with Crippen molar-refractivity contribution < 1.29 is 14.1 Å². The van der Waals surface area contributed by atoms with Crippen LogP contribution in [0.15, 0.2) is 35.2 Å². The lowest BCUT2D eigenvalue weighted by Gasteiger charge is -2.25. The monoisotopic (exact) mass is 330 g/mol. The van der Waals surface area contributed by atoms with Gasteiger partial charge >= 0.3 is 0 Å². The maximum atomic E-state index is 12.6. The minimum absolute atomic E-state index is 0.00364. The van der Waals surface area contributed by atoms with Gasteiger partial charge < -0.3 is 14.2 Å². The number of carbonyl (C=O) groups excluding carboxylic acids is 1. The fourth-order valence-corrected chi connectivity index (χ4v) is 3.09. The van der Waals surface area contributed by atoms with Crippen LogP contribution < -0.4 is 0 Å². The molecule has 2 aromatic rings. The van der Waals surface area contributed by atoms with Gasteiger partial charge in [-0.25, -0.2) is 0 Å². The molecule has 1 fully saturated rings. The van der Waals surface area contributed by atoms with Crippen LogP contribution in [-0.2, 0) is 4.74 Å². The number of methoxy groups -OCH3 is 1. The lowest BCUT2D eigenvalue weighted by Crippen LogP contribution is -2.39. The molecule has 1 aliphatic rings. The fraction of sp³-hybridized carbons (Fsp3) is 0.471. The Morgan fingerprint density at radius 3 is 2.75 bits per heavy atom. The minimum Gasteiger partial charge on any atom is -0.380 e. The Morgan fingerprint density at radius 1 is 1.42 bits per heavy atom. The normalized spacial score (nSPS) is 21.1. The average molecular weight is 330 g/mol. The number of rotatable bonds is 5. The number of nitrogens with zero attached hydrogens (tertiary/aromatic N) is 4. The third-order valence-electron chi connectivity index (χ3n) is 4.57. The highest BCUT2D eigenvalue weighted by molar-refractivity contribution is 5.94. The number of benzene rings is 1. The van der Waals surface area contributed by atoms with Gasteiger partial charge in [-0.1, -0.05) is 17.3 Å². The van der Waals surface area contributed by atoms with E-state index in [1.807, 2.05) is 19.2 Å². The van der Waals surface area contributed by atoms with Gasteiger partial charge in [0.15, 0.2) is 0 Å². The molecule has 1 amide bonds. The summed E-state index contributed by atoms with van der Waals surface area (Å²) in [6.45, 7) is 1.59. The zero-order valence-electron chi connectivity index (χ0n) is 14.2. The summed E-state index contributed by atoms with van der Waals surface area (Å²) in [6, 6.07) is 7.56. The Hall–Kier alpha value is -2.25. The second-order valence-corrected chi connectivity index (χ2v) is 6.20. The van der Waals surface area contributed by atoms with E-state index >= 15 is 0 Å². The smallest absolute Gasteiger partial charge is 0.253 e. The molecule has 7 nitrogen and oxygen atoms in total. The van der Waals surface area contributed by atoms with Crippen molar-refractivity contribution in [3.8, 4) is 11.4 Å². The molecule has 1 saturated heterocycles. The van der Waals surface area contributed by atoms with Crippen LogP contribution in [0.1, 0.15) is 16.8 Å². The first-order chi connectivity index (χ1) is 11.6. The summed E-state index contributed by atoms with van der Waals surface area (Å²) in [5, 5.41) is 3.79. The zero-order chi connectivity index (χ0) is 17.1. The largest absolute Gasteiger partial charge is 0.380 e. The number of likely N-dealkylation sites (N-methyl/N-ethyl adjacent to an activating group) is 2. The van der Waals surface area contributed by atoms with E-state index in [0.717, 1.165) is 18.5 Å². The number of aromatic nitrogens is 2. The predicted molar refractivity (Wildman–Crippen MR) is 88.5 cm³/mol. The SMILES string of the molecule is CO[C@H]1C[C@@H](CN(C)C(=O)c2ccc(-c3ncon3)cc2)N(C)C1. The number of ether oxygens (including phenoxy) is 1. The first-order valence-electron chi connectivity index (χ1n) is 7.93. The van der Waals surface area contributed by atoms with Crippen LogP contribution in [0.4, 0.5) is 0 Å². The van der Waals surface area contributed by atoms with Gasteiger partial charge in [0, 0.05) is 44.4 Å². The maximum absolute atomic E-state index is 12.6. The summed E-state index contributed by atoms with van der Waals surface area (Å²) < 4.78 is 10.2. The van der Waals surface area contributed by atoms with Gasteiger partial charge in [0.25, 0.3) is 5.91 Å². The number of amides is 1. The van der Waals surface area contributed by atoms with Gasteiger partial charge in [-0.3, -0.25) is 9.69 Å². The van der Waals surface area contributed by atoms with E-state index < -0.39 is 0 Å². The molecule has 0 aliphatic carbocycles. The standard InChI is InChI=1S/C17H22N4O3/c1-20-10-15(23-3)8-14(20)9-21(2)17(22)13-6-4-12(5-7-13)16-18-11-24-19-16/h4-7,11,14-15H,8-10H2,1-3H3/t14-,15-/m0/s1. The molecule has 1 aromatic carbocycles. The molecule has 0 unspecified atom stereocenters. The van der Waals surface area contributed by atoms with Gasteiger partial charge in [-0.15, -0.1) is 0 Å². The van der Waals surface area contributed by atoms with Gasteiger partial charge in [0.2, 0.25) is 12.2 Å². The van der Waals surface area contributed by atoms with E-state index in [1.165, 1.54) is 6.39 Å². The van der Waals surface area contributed by atoms with Crippen LogP contribution in [0.2, 0.25) is 0 Å². The summed E-state index contributed by atoms with van der Waals surface area (Å²) >= 11 is 0. The molecule has 1 aliphatic heterocycles. The first kappa shape index (κ1) is 16.6. The molecule has 1 aromatic heterocycles. The van der Waals surface area contributed by atoms with Crippen LogP contribution in [0.5, 0.6) is 0 Å². The van der Waals surface area contributed by atoms with Crippen molar-refractivity contribution in [3.63, 3.8) is 0 Å². The van der Waals surface area contributed by atoms with Crippen LogP contribution in [0.25, 0.3) is 11.4 Å². The van der Waals surface area contributed by atoms with Crippen molar-refractivity contribution in [2.45, 2.75) is 18.6 Å². The van der Waals surface area contributed by atoms with E-state index in [0.29, 0.717) is 24.0 Å². The number of hydrogen-bond acceptors (Lipinski definition) is 6. The van der Waals surface area contributed by atoms with Gasteiger partial charge in [-0.05, 0) is 25.6 Å². The maximum Gasteiger partial charge on any atom is 0.253 e. The topological polar surface area (TPSA) is 71.7 Å². The van der Waals surface area contributed by atoms with E-state index in [4.69, 9.17) is 9.26 Å². The lowest BCUT2D eigenvalue weighted by atomic mass is 10.1. The Kier molecular flexibility index (Phi) is 4.92. The minimum atomic E-state index is 0.00364. The van der Waals surface area contributed by atoms with E-state index in [-0.39, 0.29) is 12.0 Å². The third kappa shape index (κ3) is 3.47. The molecule has 0 N–H and O–H groups in total. The van der Waals surface area contributed by atoms with Crippen LogP contribution >= 0.6 is 0 Å². The van der Waals surface area contributed by atoms with Crippen LogP contribution in [0.3, 0.4) is 0 Å². The van der Waals surface area contributed by atoms with Crippen molar-refractivity contribution in [2.24, 2.45) is 0 Å². The molecule has 3 rings (SSSR count).